The van der Waals surface area contributed by atoms with Crippen LogP contribution in [0.25, 0.3) is 0 Å². The predicted molar refractivity (Wildman–Crippen MR) is 101 cm³/mol. The van der Waals surface area contributed by atoms with Crippen molar-refractivity contribution in [3.8, 4) is 0 Å². The first kappa shape index (κ1) is 17.4. The second-order valence-electron chi connectivity index (χ2n) is 5.93. The molecule has 0 spiro atoms. The summed E-state index contributed by atoms with van der Waals surface area (Å²) >= 11 is 5.19. The number of carbonyl (C=O) groups is 1. The maximum Gasteiger partial charge on any atom is 0.236 e. The molecule has 24 heavy (non-hydrogen) atoms. The summed E-state index contributed by atoms with van der Waals surface area (Å²) in [7, 11) is 2.00. The summed E-state index contributed by atoms with van der Waals surface area (Å²) in [4.78, 5) is 24.4. The van der Waals surface area contributed by atoms with Crippen molar-refractivity contribution in [2.45, 2.75) is 6.54 Å². The van der Waals surface area contributed by atoms with Gasteiger partial charge in [-0.2, -0.15) is 0 Å². The number of anilines is 1. The number of piperazine rings is 1. The Kier molecular flexibility index (Phi) is 5.86. The Morgan fingerprint density at radius 3 is 2.67 bits per heavy atom. The fraction of sp³-hybridized carbons (Fsp3) is 0.412. The number of likely N-dealkylation sites (N-methyl/N-ethyl adjacent to an activating group) is 1. The van der Waals surface area contributed by atoms with Crippen LogP contribution in [0.1, 0.15) is 4.88 Å². The summed E-state index contributed by atoms with van der Waals surface area (Å²) in [5, 5.41) is 0. The molecule has 5 nitrogen and oxygen atoms in total. The van der Waals surface area contributed by atoms with Crippen molar-refractivity contribution in [3.63, 3.8) is 0 Å². The lowest BCUT2D eigenvalue weighted by Crippen LogP contribution is -2.51. The zero-order valence-electron chi connectivity index (χ0n) is 13.7. The van der Waals surface area contributed by atoms with E-state index in [1.165, 1.54) is 4.88 Å². The lowest BCUT2D eigenvalue weighted by Gasteiger charge is -2.36. The highest BCUT2D eigenvalue weighted by Crippen LogP contribution is 2.23. The molecule has 1 aliphatic rings. The quantitative estimate of drug-likeness (QED) is 0.762. The maximum absolute atomic E-state index is 12.5. The molecule has 1 fully saturated rings. The standard InChI is InChI=1S/C17H21BrN4OS/c1-20(12-14-5-6-15(18)24-14)13-17(23)22-10-8-21(9-11-22)16-4-2-3-7-19-16/h2-7H,8-13H2,1H3. The van der Waals surface area contributed by atoms with Crippen molar-refractivity contribution in [1.82, 2.24) is 14.8 Å². The van der Waals surface area contributed by atoms with Gasteiger partial charge in [0.05, 0.1) is 10.3 Å². The topological polar surface area (TPSA) is 39.7 Å². The Labute approximate surface area is 155 Å². The summed E-state index contributed by atoms with van der Waals surface area (Å²) in [5.74, 6) is 1.19. The molecule has 0 atom stereocenters. The second-order valence-corrected chi connectivity index (χ2v) is 8.48. The van der Waals surface area contributed by atoms with E-state index in [9.17, 15) is 4.79 Å². The van der Waals surface area contributed by atoms with Gasteiger partial charge in [-0.1, -0.05) is 6.07 Å². The highest BCUT2D eigenvalue weighted by molar-refractivity contribution is 9.11. The van der Waals surface area contributed by atoms with Crippen LogP contribution in [0.4, 0.5) is 5.82 Å². The average molecular weight is 409 g/mol. The smallest absolute Gasteiger partial charge is 0.236 e. The van der Waals surface area contributed by atoms with E-state index in [0.717, 1.165) is 42.3 Å². The monoisotopic (exact) mass is 408 g/mol. The number of carbonyl (C=O) groups excluding carboxylic acids is 1. The first-order chi connectivity index (χ1) is 11.6. The minimum Gasteiger partial charge on any atom is -0.353 e. The molecule has 3 heterocycles. The van der Waals surface area contributed by atoms with E-state index >= 15 is 0 Å². The first-order valence-corrected chi connectivity index (χ1v) is 9.59. The van der Waals surface area contributed by atoms with Crippen LogP contribution >= 0.6 is 27.3 Å². The zero-order valence-corrected chi connectivity index (χ0v) is 16.1. The lowest BCUT2D eigenvalue weighted by atomic mass is 10.3. The number of halogens is 1. The van der Waals surface area contributed by atoms with Crippen LogP contribution in [0, 0.1) is 0 Å². The molecule has 2 aromatic heterocycles. The van der Waals surface area contributed by atoms with E-state index in [4.69, 9.17) is 0 Å². The van der Waals surface area contributed by atoms with Gasteiger partial charge in [-0.25, -0.2) is 4.98 Å². The van der Waals surface area contributed by atoms with Crippen molar-refractivity contribution in [3.05, 3.63) is 45.2 Å². The van der Waals surface area contributed by atoms with Gasteiger partial charge in [0.1, 0.15) is 5.82 Å². The number of hydrogen-bond acceptors (Lipinski definition) is 5. The fourth-order valence-corrected chi connectivity index (χ4v) is 4.38. The van der Waals surface area contributed by atoms with Crippen LogP contribution in [0.5, 0.6) is 0 Å². The van der Waals surface area contributed by atoms with E-state index in [1.54, 1.807) is 11.3 Å². The number of nitrogens with zero attached hydrogens (tertiary/aromatic N) is 4. The number of hydrogen-bond donors (Lipinski definition) is 0. The van der Waals surface area contributed by atoms with E-state index in [-0.39, 0.29) is 5.91 Å². The van der Waals surface area contributed by atoms with E-state index < -0.39 is 0 Å². The SMILES string of the molecule is CN(CC(=O)N1CCN(c2ccccn2)CC1)Cc1ccc(Br)s1. The van der Waals surface area contributed by atoms with Gasteiger partial charge in [-0.15, -0.1) is 11.3 Å². The van der Waals surface area contributed by atoms with Crippen LogP contribution < -0.4 is 4.90 Å². The molecular formula is C17H21BrN4OS. The highest BCUT2D eigenvalue weighted by atomic mass is 79.9. The fourth-order valence-electron chi connectivity index (χ4n) is 2.82. The molecule has 7 heteroatoms. The number of rotatable bonds is 5. The van der Waals surface area contributed by atoms with E-state index in [0.29, 0.717) is 6.54 Å². The van der Waals surface area contributed by atoms with Crippen LogP contribution in [-0.4, -0.2) is 60.5 Å². The Bertz CT molecular complexity index is 670. The van der Waals surface area contributed by atoms with Gasteiger partial charge in [-0.05, 0) is 47.2 Å². The number of pyridine rings is 1. The number of amides is 1. The minimum absolute atomic E-state index is 0.203. The number of aromatic nitrogens is 1. The third-order valence-electron chi connectivity index (χ3n) is 4.07. The molecule has 0 aromatic carbocycles. The first-order valence-electron chi connectivity index (χ1n) is 7.98. The summed E-state index contributed by atoms with van der Waals surface area (Å²) in [5.41, 5.74) is 0. The van der Waals surface area contributed by atoms with Gasteiger partial charge in [0.25, 0.3) is 0 Å². The maximum atomic E-state index is 12.5. The van der Waals surface area contributed by atoms with Crippen molar-refractivity contribution in [2.24, 2.45) is 0 Å². The van der Waals surface area contributed by atoms with Crippen molar-refractivity contribution in [2.75, 3.05) is 44.7 Å². The van der Waals surface area contributed by atoms with Crippen molar-refractivity contribution in [1.29, 1.82) is 0 Å². The van der Waals surface area contributed by atoms with Crippen molar-refractivity contribution < 1.29 is 4.79 Å². The molecule has 2 aromatic rings. The molecule has 0 N–H and O–H groups in total. The van der Waals surface area contributed by atoms with Gasteiger partial charge in [-0.3, -0.25) is 9.69 Å². The largest absolute Gasteiger partial charge is 0.353 e. The summed E-state index contributed by atoms with van der Waals surface area (Å²) in [6, 6.07) is 10.1. The second kappa shape index (κ2) is 8.09. The van der Waals surface area contributed by atoms with Crippen LogP contribution in [-0.2, 0) is 11.3 Å². The minimum atomic E-state index is 0.203. The van der Waals surface area contributed by atoms with Gasteiger partial charge >= 0.3 is 0 Å². The average Bonchev–Trinajstić information content (AvgIpc) is 3.00. The molecule has 1 aliphatic heterocycles. The van der Waals surface area contributed by atoms with Crippen LogP contribution in [0.2, 0.25) is 0 Å². The van der Waals surface area contributed by atoms with Gasteiger partial charge in [0, 0.05) is 43.8 Å². The Hall–Kier alpha value is -1.44. The zero-order chi connectivity index (χ0) is 16.9. The predicted octanol–water partition coefficient (Wildman–Crippen LogP) is 2.69. The highest BCUT2D eigenvalue weighted by Gasteiger charge is 2.22. The van der Waals surface area contributed by atoms with Gasteiger partial charge in [0.2, 0.25) is 5.91 Å². The van der Waals surface area contributed by atoms with Gasteiger partial charge in [0.15, 0.2) is 0 Å². The van der Waals surface area contributed by atoms with Gasteiger partial charge < -0.3 is 9.80 Å². The summed E-state index contributed by atoms with van der Waals surface area (Å²) in [6.45, 7) is 4.45. The third kappa shape index (κ3) is 4.55. The van der Waals surface area contributed by atoms with Crippen LogP contribution in [0.3, 0.4) is 0 Å². The third-order valence-corrected chi connectivity index (χ3v) is 5.67. The Morgan fingerprint density at radius 2 is 2.04 bits per heavy atom. The molecular weight excluding hydrogens is 388 g/mol. The molecule has 0 bridgehead atoms. The van der Waals surface area contributed by atoms with E-state index in [2.05, 4.69) is 36.8 Å². The summed E-state index contributed by atoms with van der Waals surface area (Å²) < 4.78 is 1.13. The molecule has 0 aliphatic carbocycles. The van der Waals surface area contributed by atoms with E-state index in [1.807, 2.05) is 42.4 Å². The normalized spacial score (nSPS) is 15.1. The number of thiophene rings is 1. The Morgan fingerprint density at radius 1 is 1.25 bits per heavy atom. The lowest BCUT2D eigenvalue weighted by molar-refractivity contribution is -0.132. The Balaban J connectivity index is 1.46. The molecule has 0 unspecified atom stereocenters. The molecule has 0 saturated carbocycles. The molecule has 1 amide bonds. The summed E-state index contributed by atoms with van der Waals surface area (Å²) in [6.07, 6.45) is 1.81. The van der Waals surface area contributed by atoms with Crippen LogP contribution in [0.15, 0.2) is 40.3 Å². The molecule has 1 saturated heterocycles. The molecule has 3 rings (SSSR count). The van der Waals surface area contributed by atoms with Crippen molar-refractivity contribution >= 4 is 39.0 Å². The molecule has 0 radical (unpaired) electrons. The molecule has 128 valence electrons.